The second-order valence-corrected chi connectivity index (χ2v) is 5.86. The number of hydrogen-bond donors (Lipinski definition) is 2. The molecule has 0 aliphatic heterocycles. The molecule has 0 fully saturated rings. The second kappa shape index (κ2) is 7.93. The highest BCUT2D eigenvalue weighted by molar-refractivity contribution is 6.33. The number of amides is 2. The molecule has 2 aromatic carbocycles. The SMILES string of the molecule is CC(NC(=O)c1ccccc1Cl)C(=O)NC(C)c1ccc(F)cc1. The molecule has 0 aliphatic rings. The summed E-state index contributed by atoms with van der Waals surface area (Å²) >= 11 is 5.97. The molecular formula is C18H18ClFN2O2. The zero-order valence-electron chi connectivity index (χ0n) is 13.3. The normalized spacial score (nSPS) is 13.0. The van der Waals surface area contributed by atoms with Gasteiger partial charge in [-0.25, -0.2) is 4.39 Å². The largest absolute Gasteiger partial charge is 0.348 e. The van der Waals surface area contributed by atoms with Crippen molar-refractivity contribution in [3.63, 3.8) is 0 Å². The van der Waals surface area contributed by atoms with Gasteiger partial charge in [0.25, 0.3) is 5.91 Å². The lowest BCUT2D eigenvalue weighted by atomic mass is 10.1. The van der Waals surface area contributed by atoms with Gasteiger partial charge in [-0.3, -0.25) is 9.59 Å². The number of nitrogens with one attached hydrogen (secondary N) is 2. The first kappa shape index (κ1) is 17.9. The van der Waals surface area contributed by atoms with E-state index < -0.39 is 11.9 Å². The summed E-state index contributed by atoms with van der Waals surface area (Å²) in [4.78, 5) is 24.4. The van der Waals surface area contributed by atoms with E-state index in [0.717, 1.165) is 5.56 Å². The van der Waals surface area contributed by atoms with Crippen LogP contribution in [0.1, 0.15) is 35.8 Å². The highest BCUT2D eigenvalue weighted by atomic mass is 35.5. The smallest absolute Gasteiger partial charge is 0.253 e. The Balaban J connectivity index is 1.95. The van der Waals surface area contributed by atoms with Crippen LogP contribution in [-0.2, 0) is 4.79 Å². The van der Waals surface area contributed by atoms with Crippen LogP contribution < -0.4 is 10.6 Å². The molecule has 6 heteroatoms. The number of hydrogen-bond acceptors (Lipinski definition) is 2. The van der Waals surface area contributed by atoms with E-state index >= 15 is 0 Å². The van der Waals surface area contributed by atoms with E-state index in [0.29, 0.717) is 10.6 Å². The van der Waals surface area contributed by atoms with E-state index in [1.54, 1.807) is 50.2 Å². The van der Waals surface area contributed by atoms with Gasteiger partial charge in [0.1, 0.15) is 11.9 Å². The third kappa shape index (κ3) is 4.55. The first-order valence-corrected chi connectivity index (χ1v) is 7.87. The van der Waals surface area contributed by atoms with E-state index in [4.69, 9.17) is 11.6 Å². The minimum absolute atomic E-state index is 0.308. The average molecular weight is 349 g/mol. The Kier molecular flexibility index (Phi) is 5.93. The summed E-state index contributed by atoms with van der Waals surface area (Å²) in [7, 11) is 0. The molecule has 0 saturated carbocycles. The third-order valence-electron chi connectivity index (χ3n) is 3.59. The molecule has 0 bridgehead atoms. The van der Waals surface area contributed by atoms with Crippen molar-refractivity contribution in [1.29, 1.82) is 0 Å². The van der Waals surface area contributed by atoms with Crippen LogP contribution in [0.25, 0.3) is 0 Å². The maximum absolute atomic E-state index is 12.9. The van der Waals surface area contributed by atoms with Crippen LogP contribution in [0, 0.1) is 5.82 Å². The van der Waals surface area contributed by atoms with Crippen molar-refractivity contribution in [3.8, 4) is 0 Å². The van der Waals surface area contributed by atoms with Gasteiger partial charge in [0, 0.05) is 0 Å². The fourth-order valence-corrected chi connectivity index (χ4v) is 2.38. The maximum Gasteiger partial charge on any atom is 0.253 e. The van der Waals surface area contributed by atoms with Gasteiger partial charge >= 0.3 is 0 Å². The van der Waals surface area contributed by atoms with Gasteiger partial charge in [-0.05, 0) is 43.7 Å². The molecule has 2 aromatic rings. The van der Waals surface area contributed by atoms with Crippen LogP contribution in [0.4, 0.5) is 4.39 Å². The number of halogens is 2. The van der Waals surface area contributed by atoms with Crippen LogP contribution in [0.15, 0.2) is 48.5 Å². The van der Waals surface area contributed by atoms with Crippen molar-refractivity contribution in [2.75, 3.05) is 0 Å². The molecule has 0 spiro atoms. The van der Waals surface area contributed by atoms with Crippen LogP contribution in [0.2, 0.25) is 5.02 Å². The number of benzene rings is 2. The molecule has 2 unspecified atom stereocenters. The molecule has 0 heterocycles. The maximum atomic E-state index is 12.9. The minimum atomic E-state index is -0.739. The summed E-state index contributed by atoms with van der Waals surface area (Å²) in [6.45, 7) is 3.37. The molecule has 2 rings (SSSR count). The Morgan fingerprint density at radius 1 is 1.00 bits per heavy atom. The lowest BCUT2D eigenvalue weighted by Crippen LogP contribution is -2.45. The number of rotatable bonds is 5. The van der Waals surface area contributed by atoms with Crippen molar-refractivity contribution in [2.24, 2.45) is 0 Å². The first-order valence-electron chi connectivity index (χ1n) is 7.49. The van der Waals surface area contributed by atoms with Crippen LogP contribution in [0.5, 0.6) is 0 Å². The number of carbonyl (C=O) groups is 2. The highest BCUT2D eigenvalue weighted by Crippen LogP contribution is 2.15. The standard InChI is InChI=1S/C18H18ClFN2O2/c1-11(13-7-9-14(20)10-8-13)21-17(23)12(2)22-18(24)15-5-3-4-6-16(15)19/h3-12H,1-2H3,(H,21,23)(H,22,24). The molecule has 2 atom stereocenters. The Labute approximate surface area is 145 Å². The molecule has 2 amide bonds. The van der Waals surface area contributed by atoms with E-state index in [-0.39, 0.29) is 17.8 Å². The zero-order chi connectivity index (χ0) is 17.7. The lowest BCUT2D eigenvalue weighted by molar-refractivity contribution is -0.123. The molecule has 4 nitrogen and oxygen atoms in total. The van der Waals surface area contributed by atoms with E-state index in [2.05, 4.69) is 10.6 Å². The van der Waals surface area contributed by atoms with Gasteiger partial charge in [-0.1, -0.05) is 35.9 Å². The Hall–Kier alpha value is -2.40. The van der Waals surface area contributed by atoms with Crippen LogP contribution in [-0.4, -0.2) is 17.9 Å². The minimum Gasteiger partial charge on any atom is -0.348 e. The lowest BCUT2D eigenvalue weighted by Gasteiger charge is -2.19. The van der Waals surface area contributed by atoms with E-state index in [1.807, 2.05) is 0 Å². The van der Waals surface area contributed by atoms with E-state index in [1.165, 1.54) is 12.1 Å². The number of carbonyl (C=O) groups excluding carboxylic acids is 2. The summed E-state index contributed by atoms with van der Waals surface area (Å²) in [5, 5.41) is 5.71. The Bertz CT molecular complexity index is 734. The van der Waals surface area contributed by atoms with Gasteiger partial charge in [-0.15, -0.1) is 0 Å². The molecule has 2 N–H and O–H groups in total. The van der Waals surface area contributed by atoms with Gasteiger partial charge in [0.05, 0.1) is 16.6 Å². The van der Waals surface area contributed by atoms with Gasteiger partial charge in [0.15, 0.2) is 0 Å². The first-order chi connectivity index (χ1) is 11.4. The Morgan fingerprint density at radius 2 is 1.62 bits per heavy atom. The summed E-state index contributed by atoms with van der Waals surface area (Å²) in [6.07, 6.45) is 0. The van der Waals surface area contributed by atoms with Crippen molar-refractivity contribution in [2.45, 2.75) is 25.9 Å². The molecule has 24 heavy (non-hydrogen) atoms. The molecule has 0 saturated heterocycles. The Morgan fingerprint density at radius 3 is 2.25 bits per heavy atom. The van der Waals surface area contributed by atoms with Gasteiger partial charge in [-0.2, -0.15) is 0 Å². The van der Waals surface area contributed by atoms with Gasteiger partial charge in [0.2, 0.25) is 5.91 Å². The monoisotopic (exact) mass is 348 g/mol. The van der Waals surface area contributed by atoms with Crippen molar-refractivity contribution in [1.82, 2.24) is 10.6 Å². The van der Waals surface area contributed by atoms with Crippen LogP contribution in [0.3, 0.4) is 0 Å². The zero-order valence-corrected chi connectivity index (χ0v) is 14.1. The molecule has 126 valence electrons. The van der Waals surface area contributed by atoms with Gasteiger partial charge < -0.3 is 10.6 Å². The van der Waals surface area contributed by atoms with Crippen molar-refractivity contribution in [3.05, 3.63) is 70.5 Å². The summed E-state index contributed by atoms with van der Waals surface area (Å²) in [5.41, 5.74) is 1.08. The molecule has 0 radical (unpaired) electrons. The fourth-order valence-electron chi connectivity index (χ4n) is 2.16. The third-order valence-corrected chi connectivity index (χ3v) is 3.92. The van der Waals surface area contributed by atoms with E-state index in [9.17, 15) is 14.0 Å². The predicted octanol–water partition coefficient (Wildman–Crippen LogP) is 3.47. The summed E-state index contributed by atoms with van der Waals surface area (Å²) < 4.78 is 12.9. The van der Waals surface area contributed by atoms with Crippen molar-refractivity contribution < 1.29 is 14.0 Å². The second-order valence-electron chi connectivity index (χ2n) is 5.46. The van der Waals surface area contributed by atoms with Crippen LogP contribution >= 0.6 is 11.6 Å². The molecule has 0 aromatic heterocycles. The topological polar surface area (TPSA) is 58.2 Å². The molecule has 0 aliphatic carbocycles. The quantitative estimate of drug-likeness (QED) is 0.869. The summed E-state index contributed by atoms with van der Waals surface area (Å²) in [5.74, 6) is -1.09. The fraction of sp³-hybridized carbons (Fsp3) is 0.222. The highest BCUT2D eigenvalue weighted by Gasteiger charge is 2.19. The summed E-state index contributed by atoms with van der Waals surface area (Å²) in [6, 6.07) is 11.4. The average Bonchev–Trinajstić information content (AvgIpc) is 2.55. The van der Waals surface area contributed by atoms with Crippen molar-refractivity contribution >= 4 is 23.4 Å². The molecular weight excluding hydrogens is 331 g/mol. The predicted molar refractivity (Wildman–Crippen MR) is 91.3 cm³/mol.